The van der Waals surface area contributed by atoms with Crippen molar-refractivity contribution in [2.75, 3.05) is 13.2 Å². The van der Waals surface area contributed by atoms with E-state index >= 15 is 0 Å². The Bertz CT molecular complexity index is 385. The van der Waals surface area contributed by atoms with Crippen LogP contribution < -0.4 is 5.73 Å². The minimum absolute atomic E-state index is 0.128. The lowest BCUT2D eigenvalue weighted by Crippen LogP contribution is -2.61. The zero-order valence-corrected chi connectivity index (χ0v) is 12.1. The van der Waals surface area contributed by atoms with Crippen LogP contribution in [-0.4, -0.2) is 110 Å². The van der Waals surface area contributed by atoms with E-state index in [0.717, 1.165) is 0 Å². The Morgan fingerprint density at radius 1 is 0.696 bits per heavy atom. The monoisotopic (exact) mass is 341 g/mol. The van der Waals surface area contributed by atoms with E-state index in [0.29, 0.717) is 0 Å². The van der Waals surface area contributed by atoms with E-state index in [9.17, 15) is 35.7 Å². The molecule has 0 aromatic rings. The second-order valence-electron chi connectivity index (χ2n) is 5.62. The van der Waals surface area contributed by atoms with Gasteiger partial charge in [0.2, 0.25) is 0 Å². The molecular formula is C12H23NO10. The summed E-state index contributed by atoms with van der Waals surface area (Å²) in [4.78, 5) is 0. The van der Waals surface area contributed by atoms with Gasteiger partial charge in [-0.25, -0.2) is 0 Å². The Kier molecular flexibility index (Phi) is 6.27. The van der Waals surface area contributed by atoms with E-state index in [-0.39, 0.29) is 6.54 Å². The SMILES string of the molecule is NC[C@H]1O[C@H](OC[C@H]2O[C@H](O)[C@@H](O)[C@@H](O)[C@H]2O)[C@@H](O)[C@@H](O)[C@@H]1O. The van der Waals surface area contributed by atoms with Gasteiger partial charge in [-0.3, -0.25) is 0 Å². The molecule has 10 atom stereocenters. The number of hydrogen-bond donors (Lipinski definition) is 8. The van der Waals surface area contributed by atoms with Crippen LogP contribution >= 0.6 is 0 Å². The first kappa shape index (κ1) is 18.9. The van der Waals surface area contributed by atoms with Gasteiger partial charge in [0.1, 0.15) is 48.8 Å². The highest BCUT2D eigenvalue weighted by Crippen LogP contribution is 2.24. The predicted octanol–water partition coefficient (Wildman–Crippen LogP) is -5.43. The summed E-state index contributed by atoms with van der Waals surface area (Å²) < 4.78 is 15.3. The predicted molar refractivity (Wildman–Crippen MR) is 70.6 cm³/mol. The normalized spacial score (nSPS) is 51.7. The highest BCUT2D eigenvalue weighted by atomic mass is 16.7. The second kappa shape index (κ2) is 7.63. The van der Waals surface area contributed by atoms with E-state index in [1.807, 2.05) is 0 Å². The molecule has 0 aliphatic carbocycles. The molecule has 0 aromatic heterocycles. The third kappa shape index (κ3) is 3.81. The zero-order valence-electron chi connectivity index (χ0n) is 12.1. The van der Waals surface area contributed by atoms with Gasteiger partial charge >= 0.3 is 0 Å². The Morgan fingerprint density at radius 3 is 1.87 bits per heavy atom. The summed E-state index contributed by atoms with van der Waals surface area (Å²) in [7, 11) is 0. The number of hydrogen-bond acceptors (Lipinski definition) is 11. The van der Waals surface area contributed by atoms with Gasteiger partial charge in [-0.1, -0.05) is 0 Å². The fraction of sp³-hybridized carbons (Fsp3) is 1.00. The van der Waals surface area contributed by atoms with Crippen molar-refractivity contribution in [2.45, 2.75) is 61.4 Å². The highest BCUT2D eigenvalue weighted by Gasteiger charge is 2.46. The number of rotatable bonds is 4. The Hall–Kier alpha value is -0.440. The lowest BCUT2D eigenvalue weighted by molar-refractivity contribution is -0.322. The molecule has 23 heavy (non-hydrogen) atoms. The molecule has 0 bridgehead atoms. The maximum absolute atomic E-state index is 9.82. The van der Waals surface area contributed by atoms with Crippen LogP contribution in [0.15, 0.2) is 0 Å². The summed E-state index contributed by atoms with van der Waals surface area (Å²) in [5.41, 5.74) is 5.38. The third-order valence-corrected chi connectivity index (χ3v) is 4.01. The van der Waals surface area contributed by atoms with E-state index in [2.05, 4.69) is 0 Å². The molecule has 11 nitrogen and oxygen atoms in total. The molecule has 0 aromatic carbocycles. The zero-order chi connectivity index (χ0) is 17.3. The van der Waals surface area contributed by atoms with Gasteiger partial charge in [-0.05, 0) is 0 Å². The van der Waals surface area contributed by atoms with Crippen LogP contribution in [0, 0.1) is 0 Å². The van der Waals surface area contributed by atoms with Gasteiger partial charge in [-0.2, -0.15) is 0 Å². The van der Waals surface area contributed by atoms with E-state index in [1.165, 1.54) is 0 Å². The van der Waals surface area contributed by atoms with Gasteiger partial charge in [-0.15, -0.1) is 0 Å². The minimum Gasteiger partial charge on any atom is -0.388 e. The van der Waals surface area contributed by atoms with Crippen LogP contribution in [0.5, 0.6) is 0 Å². The molecule has 136 valence electrons. The minimum atomic E-state index is -1.72. The molecular weight excluding hydrogens is 318 g/mol. The molecule has 0 saturated carbocycles. The standard InChI is InChI=1S/C12H23NO10/c13-1-3-5(14)8(17)10(19)12(23-3)21-2-4-6(15)7(16)9(18)11(20)22-4/h3-12,14-20H,1-2,13H2/t3-,4-,5-,6+,7+,8+,9+,10+,11+,12+/m1/s1. The number of aliphatic hydroxyl groups excluding tert-OH is 7. The lowest BCUT2D eigenvalue weighted by Gasteiger charge is -2.42. The van der Waals surface area contributed by atoms with Crippen molar-refractivity contribution in [3.63, 3.8) is 0 Å². The molecule has 0 unspecified atom stereocenters. The van der Waals surface area contributed by atoms with Crippen molar-refractivity contribution in [3.8, 4) is 0 Å². The van der Waals surface area contributed by atoms with Crippen LogP contribution in [0.2, 0.25) is 0 Å². The van der Waals surface area contributed by atoms with Gasteiger partial charge in [0.25, 0.3) is 0 Å². The van der Waals surface area contributed by atoms with Crippen LogP contribution in [0.3, 0.4) is 0 Å². The maximum Gasteiger partial charge on any atom is 0.186 e. The molecule has 0 radical (unpaired) electrons. The van der Waals surface area contributed by atoms with Gasteiger partial charge in [0.15, 0.2) is 12.6 Å². The smallest absolute Gasteiger partial charge is 0.186 e. The third-order valence-electron chi connectivity index (χ3n) is 4.01. The molecule has 2 heterocycles. The molecule has 2 aliphatic rings. The highest BCUT2D eigenvalue weighted by molar-refractivity contribution is 4.91. The quantitative estimate of drug-likeness (QED) is 0.243. The number of nitrogens with two attached hydrogens (primary N) is 1. The van der Waals surface area contributed by atoms with Crippen molar-refractivity contribution in [1.82, 2.24) is 0 Å². The van der Waals surface area contributed by atoms with Crippen LogP contribution in [-0.2, 0) is 14.2 Å². The number of ether oxygens (including phenoxy) is 3. The Labute approximate surface area is 131 Å². The second-order valence-corrected chi connectivity index (χ2v) is 5.62. The molecule has 0 spiro atoms. The van der Waals surface area contributed by atoms with Crippen LogP contribution in [0.4, 0.5) is 0 Å². The van der Waals surface area contributed by atoms with Crippen LogP contribution in [0.1, 0.15) is 0 Å². The molecule has 2 rings (SSSR count). The summed E-state index contributed by atoms with van der Waals surface area (Å²) in [6.07, 6.45) is -14.6. The maximum atomic E-state index is 9.82. The van der Waals surface area contributed by atoms with Gasteiger partial charge in [0, 0.05) is 6.54 Å². The Balaban J connectivity index is 1.94. The first-order chi connectivity index (χ1) is 10.8. The molecule has 2 fully saturated rings. The van der Waals surface area contributed by atoms with E-state index in [1.54, 1.807) is 0 Å². The van der Waals surface area contributed by atoms with Gasteiger partial charge in [0.05, 0.1) is 6.61 Å². The average Bonchev–Trinajstić information content (AvgIpc) is 2.54. The fourth-order valence-electron chi connectivity index (χ4n) is 2.51. The Morgan fingerprint density at radius 2 is 1.26 bits per heavy atom. The van der Waals surface area contributed by atoms with Crippen molar-refractivity contribution in [1.29, 1.82) is 0 Å². The van der Waals surface area contributed by atoms with E-state index < -0.39 is 68.0 Å². The molecule has 11 heteroatoms. The average molecular weight is 341 g/mol. The van der Waals surface area contributed by atoms with Crippen molar-refractivity contribution in [3.05, 3.63) is 0 Å². The summed E-state index contributed by atoms with van der Waals surface area (Å²) in [5, 5.41) is 67.3. The topological polar surface area (TPSA) is 195 Å². The van der Waals surface area contributed by atoms with Crippen LogP contribution in [0.25, 0.3) is 0 Å². The van der Waals surface area contributed by atoms with Gasteiger partial charge < -0.3 is 55.7 Å². The largest absolute Gasteiger partial charge is 0.388 e. The van der Waals surface area contributed by atoms with E-state index in [4.69, 9.17) is 19.9 Å². The molecule has 9 N–H and O–H groups in total. The summed E-state index contributed by atoms with van der Waals surface area (Å²) in [6, 6.07) is 0. The molecule has 0 amide bonds. The summed E-state index contributed by atoms with van der Waals surface area (Å²) >= 11 is 0. The van der Waals surface area contributed by atoms with Crippen molar-refractivity contribution in [2.24, 2.45) is 5.73 Å². The summed E-state index contributed by atoms with van der Waals surface area (Å²) in [6.45, 7) is -0.555. The molecule has 2 saturated heterocycles. The lowest BCUT2D eigenvalue weighted by atomic mass is 9.98. The van der Waals surface area contributed by atoms with Crippen molar-refractivity contribution >= 4 is 0 Å². The molecule has 2 aliphatic heterocycles. The first-order valence-corrected chi connectivity index (χ1v) is 7.17. The summed E-state index contributed by atoms with van der Waals surface area (Å²) in [5.74, 6) is 0. The van der Waals surface area contributed by atoms with Crippen molar-refractivity contribution < 1.29 is 50.0 Å². The first-order valence-electron chi connectivity index (χ1n) is 7.17. The number of aliphatic hydroxyl groups is 7. The fourth-order valence-corrected chi connectivity index (χ4v) is 2.51.